The molecule has 0 saturated heterocycles. The molecule has 82 valence electrons. The maximum absolute atomic E-state index is 8.57. The molecule has 1 aromatic carbocycles. The molecule has 0 fully saturated rings. The van der Waals surface area contributed by atoms with Gasteiger partial charge in [-0.1, -0.05) is 24.3 Å². The number of hydrogen-bond donors (Lipinski definition) is 0. The van der Waals surface area contributed by atoms with Crippen molar-refractivity contribution >= 4 is 23.2 Å². The number of hydrogen-bond acceptors (Lipinski definition) is 2. The van der Waals surface area contributed by atoms with E-state index in [2.05, 4.69) is 0 Å². The van der Waals surface area contributed by atoms with E-state index < -0.39 is 10.8 Å². The Balaban J connectivity index is 2.62. The molecule has 4 heteroatoms. The highest BCUT2D eigenvalue weighted by Gasteiger charge is 2.06. The number of nitriles is 2. The Morgan fingerprint density at radius 3 is 1.44 bits per heavy atom. The van der Waals surface area contributed by atoms with E-state index in [4.69, 9.17) is 33.7 Å². The van der Waals surface area contributed by atoms with Crippen LogP contribution in [-0.4, -0.2) is 10.8 Å². The molecule has 0 aromatic heterocycles. The van der Waals surface area contributed by atoms with Crippen LogP contribution in [0.5, 0.6) is 0 Å². The van der Waals surface area contributed by atoms with E-state index >= 15 is 0 Å². The SMILES string of the molecule is N#C[C@@H](Cl)Cc1ccc(C[C@@H](Cl)C#N)cc1. The molecule has 0 N–H and O–H groups in total. The Bertz CT molecular complexity index is 373. The zero-order valence-electron chi connectivity index (χ0n) is 8.53. The third kappa shape index (κ3) is 4.11. The summed E-state index contributed by atoms with van der Waals surface area (Å²) in [4.78, 5) is 0. The van der Waals surface area contributed by atoms with Crippen LogP contribution in [0.4, 0.5) is 0 Å². The van der Waals surface area contributed by atoms with E-state index in [-0.39, 0.29) is 0 Å². The van der Waals surface area contributed by atoms with Crippen molar-refractivity contribution in [3.63, 3.8) is 0 Å². The average molecular weight is 253 g/mol. The number of rotatable bonds is 4. The second-order valence-electron chi connectivity index (χ2n) is 3.42. The highest BCUT2D eigenvalue weighted by Crippen LogP contribution is 2.12. The molecule has 0 aliphatic rings. The topological polar surface area (TPSA) is 47.6 Å². The summed E-state index contributed by atoms with van der Waals surface area (Å²) in [6.07, 6.45) is 1.06. The lowest BCUT2D eigenvalue weighted by Crippen LogP contribution is -2.01. The third-order valence-corrected chi connectivity index (χ3v) is 2.64. The zero-order valence-corrected chi connectivity index (χ0v) is 10.0. The van der Waals surface area contributed by atoms with Gasteiger partial charge in [-0.25, -0.2) is 0 Å². The minimum atomic E-state index is -0.495. The van der Waals surface area contributed by atoms with Gasteiger partial charge in [0, 0.05) is 12.8 Å². The Morgan fingerprint density at radius 1 is 0.875 bits per heavy atom. The van der Waals surface area contributed by atoms with Gasteiger partial charge < -0.3 is 0 Å². The van der Waals surface area contributed by atoms with Crippen LogP contribution in [0.25, 0.3) is 0 Å². The van der Waals surface area contributed by atoms with E-state index in [9.17, 15) is 0 Å². The average Bonchev–Trinajstić information content (AvgIpc) is 2.31. The summed E-state index contributed by atoms with van der Waals surface area (Å²) in [5.41, 5.74) is 2.02. The van der Waals surface area contributed by atoms with Crippen molar-refractivity contribution < 1.29 is 0 Å². The highest BCUT2D eigenvalue weighted by molar-refractivity contribution is 6.22. The Hall–Kier alpha value is -1.22. The maximum atomic E-state index is 8.57. The van der Waals surface area contributed by atoms with Gasteiger partial charge in [0.1, 0.15) is 10.8 Å². The maximum Gasteiger partial charge on any atom is 0.124 e. The number of benzene rings is 1. The van der Waals surface area contributed by atoms with Crippen LogP contribution < -0.4 is 0 Å². The largest absolute Gasteiger partial charge is 0.197 e. The summed E-state index contributed by atoms with van der Waals surface area (Å²) in [6.45, 7) is 0. The van der Waals surface area contributed by atoms with E-state index in [1.54, 1.807) is 0 Å². The molecule has 2 nitrogen and oxygen atoms in total. The van der Waals surface area contributed by atoms with Crippen LogP contribution in [0.3, 0.4) is 0 Å². The minimum Gasteiger partial charge on any atom is -0.197 e. The standard InChI is InChI=1S/C12H10Cl2N2/c13-11(7-15)5-9-1-2-10(4-3-9)6-12(14)8-16/h1-4,11-12H,5-6H2/t11-,12+. The van der Waals surface area contributed by atoms with Crippen molar-refractivity contribution in [3.8, 4) is 12.1 Å². The van der Waals surface area contributed by atoms with Gasteiger partial charge in [0.25, 0.3) is 0 Å². The summed E-state index contributed by atoms with van der Waals surface area (Å²) >= 11 is 11.4. The highest BCUT2D eigenvalue weighted by atomic mass is 35.5. The van der Waals surface area contributed by atoms with E-state index in [1.165, 1.54) is 0 Å². The van der Waals surface area contributed by atoms with Gasteiger partial charge in [0.15, 0.2) is 0 Å². The van der Waals surface area contributed by atoms with Gasteiger partial charge in [-0.2, -0.15) is 10.5 Å². The van der Waals surface area contributed by atoms with E-state index in [0.29, 0.717) is 12.8 Å². The molecule has 1 aromatic rings. The second-order valence-corrected chi connectivity index (χ2v) is 4.47. The number of alkyl halides is 2. The summed E-state index contributed by atoms with van der Waals surface area (Å²) in [5.74, 6) is 0. The zero-order chi connectivity index (χ0) is 12.0. The molecule has 0 bridgehead atoms. The van der Waals surface area contributed by atoms with Crippen LogP contribution in [0.15, 0.2) is 24.3 Å². The lowest BCUT2D eigenvalue weighted by Gasteiger charge is -2.04. The predicted molar refractivity (Wildman–Crippen MR) is 64.4 cm³/mol. The van der Waals surface area contributed by atoms with Crippen LogP contribution in [0.1, 0.15) is 11.1 Å². The van der Waals surface area contributed by atoms with Gasteiger partial charge in [-0.05, 0) is 11.1 Å². The molecule has 16 heavy (non-hydrogen) atoms. The van der Waals surface area contributed by atoms with Crippen molar-refractivity contribution in [2.45, 2.75) is 23.6 Å². The van der Waals surface area contributed by atoms with Crippen molar-refractivity contribution in [2.75, 3.05) is 0 Å². The van der Waals surface area contributed by atoms with Gasteiger partial charge in [0.05, 0.1) is 12.1 Å². The first-order valence-electron chi connectivity index (χ1n) is 4.81. The van der Waals surface area contributed by atoms with Crippen molar-refractivity contribution in [1.82, 2.24) is 0 Å². The fourth-order valence-electron chi connectivity index (χ4n) is 1.32. The number of nitrogens with zero attached hydrogens (tertiary/aromatic N) is 2. The molecular formula is C12H10Cl2N2. The van der Waals surface area contributed by atoms with Crippen LogP contribution in [0, 0.1) is 22.7 Å². The molecule has 0 aliphatic heterocycles. The van der Waals surface area contributed by atoms with Crippen molar-refractivity contribution in [3.05, 3.63) is 35.4 Å². The van der Waals surface area contributed by atoms with Gasteiger partial charge >= 0.3 is 0 Å². The summed E-state index contributed by atoms with van der Waals surface area (Å²) < 4.78 is 0. The first kappa shape index (κ1) is 12.8. The van der Waals surface area contributed by atoms with Crippen LogP contribution in [-0.2, 0) is 12.8 Å². The molecule has 0 saturated carbocycles. The Labute approximate surface area is 105 Å². The fourth-order valence-corrected chi connectivity index (χ4v) is 1.67. The minimum absolute atomic E-state index is 0.495. The lowest BCUT2D eigenvalue weighted by atomic mass is 10.0. The normalized spacial score (nSPS) is 13.5. The molecule has 0 aliphatic carbocycles. The van der Waals surface area contributed by atoms with Gasteiger partial charge in [-0.15, -0.1) is 23.2 Å². The molecule has 0 amide bonds. The van der Waals surface area contributed by atoms with E-state index in [0.717, 1.165) is 11.1 Å². The van der Waals surface area contributed by atoms with Crippen molar-refractivity contribution in [2.24, 2.45) is 0 Å². The molecule has 2 atom stereocenters. The summed E-state index contributed by atoms with van der Waals surface area (Å²) in [7, 11) is 0. The fraction of sp³-hybridized carbons (Fsp3) is 0.333. The predicted octanol–water partition coefficient (Wildman–Crippen LogP) is 3.03. The molecule has 0 radical (unpaired) electrons. The lowest BCUT2D eigenvalue weighted by molar-refractivity contribution is 0.993. The Kier molecular flexibility index (Phi) is 5.12. The number of halogens is 2. The van der Waals surface area contributed by atoms with Crippen LogP contribution in [0.2, 0.25) is 0 Å². The molecule has 1 rings (SSSR count). The first-order chi connectivity index (χ1) is 7.65. The first-order valence-corrected chi connectivity index (χ1v) is 5.68. The van der Waals surface area contributed by atoms with E-state index in [1.807, 2.05) is 36.4 Å². The third-order valence-electron chi connectivity index (χ3n) is 2.13. The Morgan fingerprint density at radius 2 is 1.19 bits per heavy atom. The molecule has 0 spiro atoms. The smallest absolute Gasteiger partial charge is 0.124 e. The van der Waals surface area contributed by atoms with Crippen molar-refractivity contribution in [1.29, 1.82) is 10.5 Å². The molecular weight excluding hydrogens is 243 g/mol. The van der Waals surface area contributed by atoms with Gasteiger partial charge in [0.2, 0.25) is 0 Å². The van der Waals surface area contributed by atoms with Crippen LogP contribution >= 0.6 is 23.2 Å². The van der Waals surface area contributed by atoms with Gasteiger partial charge in [-0.3, -0.25) is 0 Å². The second kappa shape index (κ2) is 6.38. The quantitative estimate of drug-likeness (QED) is 0.774. The summed E-state index contributed by atoms with van der Waals surface area (Å²) in [5, 5.41) is 16.1. The molecule has 0 heterocycles. The monoisotopic (exact) mass is 252 g/mol. The summed E-state index contributed by atoms with van der Waals surface area (Å²) in [6, 6.07) is 11.6. The molecule has 0 unspecified atom stereocenters.